The summed E-state index contributed by atoms with van der Waals surface area (Å²) in [4.78, 5) is 0. The van der Waals surface area contributed by atoms with Gasteiger partial charge in [-0.25, -0.2) is 0 Å². The van der Waals surface area contributed by atoms with E-state index in [-0.39, 0.29) is 6.10 Å². The van der Waals surface area contributed by atoms with Crippen molar-refractivity contribution in [3.05, 3.63) is 42.2 Å². The van der Waals surface area contributed by atoms with Crippen LogP contribution in [0.1, 0.15) is 25.3 Å². The van der Waals surface area contributed by atoms with Gasteiger partial charge in [0.15, 0.2) is 5.75 Å². The van der Waals surface area contributed by atoms with Gasteiger partial charge in [-0.2, -0.15) is 5.10 Å². The Hall–Kier alpha value is -1.97. The van der Waals surface area contributed by atoms with E-state index in [0.717, 1.165) is 38.1 Å². The number of rotatable bonds is 4. The number of ether oxygens (including phenoxy) is 1. The molecule has 1 N–H and O–H groups in total. The van der Waals surface area contributed by atoms with E-state index in [1.165, 1.54) is 11.3 Å². The molecule has 3 rings (SSSR count). The van der Waals surface area contributed by atoms with Gasteiger partial charge in [0.1, 0.15) is 6.10 Å². The van der Waals surface area contributed by atoms with E-state index in [9.17, 15) is 0 Å². The van der Waals surface area contributed by atoms with Crippen molar-refractivity contribution in [2.75, 3.05) is 11.9 Å². The molecule has 0 saturated carbocycles. The van der Waals surface area contributed by atoms with Gasteiger partial charge in [-0.15, -0.1) is 0 Å². The maximum atomic E-state index is 6.05. The van der Waals surface area contributed by atoms with Gasteiger partial charge < -0.3 is 10.1 Å². The summed E-state index contributed by atoms with van der Waals surface area (Å²) in [6.07, 6.45) is 7.16. The molecule has 1 atom stereocenters. The van der Waals surface area contributed by atoms with Crippen molar-refractivity contribution >= 4 is 5.69 Å². The molecular weight excluding hydrogens is 250 g/mol. The third-order valence-corrected chi connectivity index (χ3v) is 3.64. The quantitative estimate of drug-likeness (QED) is 0.928. The largest absolute Gasteiger partial charge is 0.485 e. The summed E-state index contributed by atoms with van der Waals surface area (Å²) < 4.78 is 7.99. The lowest BCUT2D eigenvalue weighted by atomic mass is 10.1. The lowest BCUT2D eigenvalue weighted by Crippen LogP contribution is -2.24. The molecule has 4 nitrogen and oxygen atoms in total. The molecule has 2 heterocycles. The molecule has 20 heavy (non-hydrogen) atoms. The van der Waals surface area contributed by atoms with Gasteiger partial charge in [-0.3, -0.25) is 4.68 Å². The fraction of sp³-hybridized carbons (Fsp3) is 0.438. The zero-order valence-corrected chi connectivity index (χ0v) is 11.9. The minimum Gasteiger partial charge on any atom is -0.485 e. The molecule has 0 fully saturated rings. The second-order valence-electron chi connectivity index (χ2n) is 5.26. The van der Waals surface area contributed by atoms with Gasteiger partial charge in [-0.05, 0) is 30.9 Å². The van der Waals surface area contributed by atoms with Crippen LogP contribution in [0.5, 0.6) is 5.75 Å². The number of anilines is 1. The van der Waals surface area contributed by atoms with Crippen LogP contribution in [0.2, 0.25) is 0 Å². The van der Waals surface area contributed by atoms with Crippen LogP contribution in [0.3, 0.4) is 0 Å². The van der Waals surface area contributed by atoms with Crippen molar-refractivity contribution in [2.24, 2.45) is 0 Å². The second kappa shape index (κ2) is 5.99. The SMILES string of the molecule is CCCn1cc(OC2CCc3ccccc3NC2)cn1. The lowest BCUT2D eigenvalue weighted by molar-refractivity contribution is 0.206. The van der Waals surface area contributed by atoms with E-state index in [0.29, 0.717) is 0 Å². The van der Waals surface area contributed by atoms with E-state index in [1.54, 1.807) is 0 Å². The lowest BCUT2D eigenvalue weighted by Gasteiger charge is -2.15. The predicted molar refractivity (Wildman–Crippen MR) is 80.2 cm³/mol. The van der Waals surface area contributed by atoms with Crippen molar-refractivity contribution in [2.45, 2.75) is 38.8 Å². The molecule has 2 aromatic rings. The fourth-order valence-corrected chi connectivity index (χ4v) is 2.60. The first-order valence-electron chi connectivity index (χ1n) is 7.36. The Balaban J connectivity index is 1.62. The van der Waals surface area contributed by atoms with E-state index in [4.69, 9.17) is 4.74 Å². The summed E-state index contributed by atoms with van der Waals surface area (Å²) in [6.45, 7) is 3.93. The van der Waals surface area contributed by atoms with Crippen molar-refractivity contribution in [3.8, 4) is 5.75 Å². The Morgan fingerprint density at radius 1 is 1.40 bits per heavy atom. The molecule has 4 heteroatoms. The van der Waals surface area contributed by atoms with Crippen molar-refractivity contribution < 1.29 is 4.74 Å². The van der Waals surface area contributed by atoms with E-state index in [2.05, 4.69) is 41.6 Å². The number of aromatic nitrogens is 2. The van der Waals surface area contributed by atoms with Crippen molar-refractivity contribution in [3.63, 3.8) is 0 Å². The zero-order chi connectivity index (χ0) is 13.8. The summed E-state index contributed by atoms with van der Waals surface area (Å²) >= 11 is 0. The van der Waals surface area contributed by atoms with E-state index < -0.39 is 0 Å². The Kier molecular flexibility index (Phi) is 3.90. The Morgan fingerprint density at radius 2 is 2.30 bits per heavy atom. The summed E-state index contributed by atoms with van der Waals surface area (Å²) in [6, 6.07) is 8.49. The van der Waals surface area contributed by atoms with Gasteiger partial charge in [0, 0.05) is 12.2 Å². The number of benzene rings is 1. The van der Waals surface area contributed by atoms with Crippen molar-refractivity contribution in [1.29, 1.82) is 0 Å². The van der Waals surface area contributed by atoms with Crippen LogP contribution < -0.4 is 10.1 Å². The summed E-state index contributed by atoms with van der Waals surface area (Å²) in [5.41, 5.74) is 2.61. The zero-order valence-electron chi connectivity index (χ0n) is 11.9. The van der Waals surface area contributed by atoms with Crippen LogP contribution in [0.4, 0.5) is 5.69 Å². The highest BCUT2D eigenvalue weighted by Gasteiger charge is 2.17. The number of fused-ring (bicyclic) bond motifs is 1. The van der Waals surface area contributed by atoms with Gasteiger partial charge in [-0.1, -0.05) is 25.1 Å². The predicted octanol–water partition coefficient (Wildman–Crippen LogP) is 3.10. The first kappa shape index (κ1) is 13.0. The van der Waals surface area contributed by atoms with Gasteiger partial charge in [0.2, 0.25) is 0 Å². The van der Waals surface area contributed by atoms with Gasteiger partial charge in [0.25, 0.3) is 0 Å². The molecule has 1 unspecified atom stereocenters. The highest BCUT2D eigenvalue weighted by atomic mass is 16.5. The number of aryl methyl sites for hydroxylation is 2. The Morgan fingerprint density at radius 3 is 3.20 bits per heavy atom. The van der Waals surface area contributed by atoms with E-state index >= 15 is 0 Å². The Labute approximate surface area is 119 Å². The summed E-state index contributed by atoms with van der Waals surface area (Å²) in [7, 11) is 0. The molecule has 106 valence electrons. The highest BCUT2D eigenvalue weighted by Crippen LogP contribution is 2.23. The molecular formula is C16H21N3O. The number of hydrogen-bond acceptors (Lipinski definition) is 3. The fourth-order valence-electron chi connectivity index (χ4n) is 2.60. The summed E-state index contributed by atoms with van der Waals surface area (Å²) in [5, 5.41) is 7.78. The average Bonchev–Trinajstić information content (AvgIpc) is 2.80. The average molecular weight is 271 g/mol. The molecule has 1 aliphatic heterocycles. The van der Waals surface area contributed by atoms with Crippen LogP contribution >= 0.6 is 0 Å². The molecule has 0 amide bonds. The van der Waals surface area contributed by atoms with Crippen LogP contribution in [-0.2, 0) is 13.0 Å². The number of nitrogens with one attached hydrogen (secondary N) is 1. The smallest absolute Gasteiger partial charge is 0.157 e. The van der Waals surface area contributed by atoms with Gasteiger partial charge >= 0.3 is 0 Å². The molecule has 0 radical (unpaired) electrons. The van der Waals surface area contributed by atoms with Crippen molar-refractivity contribution in [1.82, 2.24) is 9.78 Å². The van der Waals surface area contributed by atoms with Crippen LogP contribution in [-0.4, -0.2) is 22.4 Å². The molecule has 0 saturated heterocycles. The van der Waals surface area contributed by atoms with Crippen LogP contribution in [0.25, 0.3) is 0 Å². The van der Waals surface area contributed by atoms with Crippen LogP contribution in [0.15, 0.2) is 36.7 Å². The highest BCUT2D eigenvalue weighted by molar-refractivity contribution is 5.52. The maximum Gasteiger partial charge on any atom is 0.157 e. The number of para-hydroxylation sites is 1. The molecule has 1 aromatic carbocycles. The number of hydrogen-bond donors (Lipinski definition) is 1. The molecule has 1 aromatic heterocycles. The molecule has 0 aliphatic carbocycles. The molecule has 0 spiro atoms. The first-order chi connectivity index (χ1) is 9.85. The minimum atomic E-state index is 0.196. The normalized spacial score (nSPS) is 17.9. The van der Waals surface area contributed by atoms with Gasteiger partial charge in [0.05, 0.1) is 18.9 Å². The monoisotopic (exact) mass is 271 g/mol. The summed E-state index contributed by atoms with van der Waals surface area (Å²) in [5.74, 6) is 0.871. The van der Waals surface area contributed by atoms with Crippen LogP contribution in [0, 0.1) is 0 Å². The third kappa shape index (κ3) is 2.95. The molecule has 1 aliphatic rings. The van der Waals surface area contributed by atoms with E-state index in [1.807, 2.05) is 17.1 Å². The minimum absolute atomic E-state index is 0.196. The third-order valence-electron chi connectivity index (χ3n) is 3.64. The second-order valence-corrected chi connectivity index (χ2v) is 5.26. The Bertz CT molecular complexity index is 537. The molecule has 0 bridgehead atoms. The topological polar surface area (TPSA) is 39.1 Å². The standard InChI is InChI=1S/C16H21N3O/c1-2-9-19-12-15(11-18-19)20-14-8-7-13-5-3-4-6-16(13)17-10-14/h3-6,11-12,14,17H,2,7-10H2,1H3. The first-order valence-corrected chi connectivity index (χ1v) is 7.36. The maximum absolute atomic E-state index is 6.05. The number of nitrogens with zero attached hydrogens (tertiary/aromatic N) is 2.